The lowest BCUT2D eigenvalue weighted by Gasteiger charge is -1.97. The highest BCUT2D eigenvalue weighted by Gasteiger charge is 2.07. The number of carbonyl (C=O) groups is 1. The molecule has 5 nitrogen and oxygen atoms in total. The van der Waals surface area contributed by atoms with E-state index in [0.717, 1.165) is 10.9 Å². The Morgan fingerprint density at radius 1 is 1.53 bits per heavy atom. The fourth-order valence-electron chi connectivity index (χ4n) is 1.31. The molecule has 0 fully saturated rings. The van der Waals surface area contributed by atoms with Crippen LogP contribution in [-0.2, 0) is 4.79 Å². The third kappa shape index (κ3) is 1.79. The van der Waals surface area contributed by atoms with Gasteiger partial charge in [-0.05, 0) is 12.1 Å². The van der Waals surface area contributed by atoms with Crippen LogP contribution in [0.4, 0.5) is 5.82 Å². The summed E-state index contributed by atoms with van der Waals surface area (Å²) in [6, 6.07) is 9.22. The van der Waals surface area contributed by atoms with E-state index >= 15 is 0 Å². The van der Waals surface area contributed by atoms with E-state index < -0.39 is 0 Å². The van der Waals surface area contributed by atoms with E-state index in [4.69, 9.17) is 5.26 Å². The summed E-state index contributed by atoms with van der Waals surface area (Å²) in [6.45, 7) is 0. The summed E-state index contributed by atoms with van der Waals surface area (Å²) in [4.78, 5) is 11.2. The summed E-state index contributed by atoms with van der Waals surface area (Å²) in [5.41, 5.74) is 0.852. The molecule has 1 aromatic heterocycles. The second-order valence-corrected chi connectivity index (χ2v) is 3.00. The third-order valence-corrected chi connectivity index (χ3v) is 1.97. The zero-order valence-electron chi connectivity index (χ0n) is 7.82. The molecule has 0 bridgehead atoms. The Kier molecular flexibility index (Phi) is 2.33. The Morgan fingerprint density at radius 2 is 2.33 bits per heavy atom. The number of H-pyrrole nitrogens is 1. The number of amides is 1. The van der Waals surface area contributed by atoms with Crippen molar-refractivity contribution in [3.8, 4) is 6.07 Å². The van der Waals surface area contributed by atoms with Gasteiger partial charge in [-0.1, -0.05) is 12.1 Å². The van der Waals surface area contributed by atoms with Gasteiger partial charge >= 0.3 is 0 Å². The molecular weight excluding hydrogens is 192 g/mol. The standard InChI is InChI=1S/C10H8N4O/c11-6-5-9(15)12-10-7-3-1-2-4-8(7)13-14-10/h1-4H,5H2,(H2,12,13,14,15). The minimum atomic E-state index is -0.352. The number of nitrogens with one attached hydrogen (secondary N) is 2. The average molecular weight is 200 g/mol. The van der Waals surface area contributed by atoms with Gasteiger partial charge in [-0.2, -0.15) is 10.4 Å². The van der Waals surface area contributed by atoms with Gasteiger partial charge in [-0.15, -0.1) is 0 Å². The molecule has 1 amide bonds. The molecule has 2 N–H and O–H groups in total. The summed E-state index contributed by atoms with van der Waals surface area (Å²) in [6.07, 6.45) is -0.165. The monoisotopic (exact) mass is 200 g/mol. The van der Waals surface area contributed by atoms with E-state index in [1.165, 1.54) is 0 Å². The van der Waals surface area contributed by atoms with E-state index in [-0.39, 0.29) is 12.3 Å². The number of fused-ring (bicyclic) bond motifs is 1. The highest BCUT2D eigenvalue weighted by atomic mass is 16.1. The number of aromatic amines is 1. The molecule has 15 heavy (non-hydrogen) atoms. The number of benzene rings is 1. The zero-order valence-corrected chi connectivity index (χ0v) is 7.82. The Hall–Kier alpha value is -2.35. The Balaban J connectivity index is 2.29. The van der Waals surface area contributed by atoms with E-state index in [9.17, 15) is 4.79 Å². The maximum absolute atomic E-state index is 11.2. The lowest BCUT2D eigenvalue weighted by molar-refractivity contribution is -0.115. The summed E-state index contributed by atoms with van der Waals surface area (Å²) >= 11 is 0. The number of carbonyl (C=O) groups excluding carboxylic acids is 1. The number of nitriles is 1. The van der Waals surface area contributed by atoms with Crippen LogP contribution >= 0.6 is 0 Å². The molecule has 1 heterocycles. The number of aromatic nitrogens is 2. The highest BCUT2D eigenvalue weighted by molar-refractivity contribution is 6.00. The first-order valence-corrected chi connectivity index (χ1v) is 4.41. The number of anilines is 1. The van der Waals surface area contributed by atoms with Gasteiger partial charge in [0.25, 0.3) is 0 Å². The van der Waals surface area contributed by atoms with Crippen LogP contribution in [0.5, 0.6) is 0 Å². The number of para-hydroxylation sites is 1. The lowest BCUT2D eigenvalue weighted by Crippen LogP contribution is -2.10. The third-order valence-electron chi connectivity index (χ3n) is 1.97. The maximum atomic E-state index is 11.2. The fourth-order valence-corrected chi connectivity index (χ4v) is 1.31. The van der Waals surface area contributed by atoms with E-state index in [0.29, 0.717) is 5.82 Å². The zero-order chi connectivity index (χ0) is 10.7. The SMILES string of the molecule is N#CCC(=O)Nc1n[nH]c2ccccc12. The summed E-state index contributed by atoms with van der Waals surface area (Å²) in [5, 5.41) is 18.5. The molecular formula is C10H8N4O. The Labute approximate surface area is 85.7 Å². The first-order chi connectivity index (χ1) is 7.31. The smallest absolute Gasteiger partial charge is 0.239 e. The number of nitrogens with zero attached hydrogens (tertiary/aromatic N) is 2. The Bertz CT molecular complexity index is 538. The van der Waals surface area contributed by atoms with Gasteiger partial charge in [0.1, 0.15) is 6.42 Å². The molecule has 0 radical (unpaired) electrons. The average Bonchev–Trinajstić information content (AvgIpc) is 2.62. The second-order valence-electron chi connectivity index (χ2n) is 3.00. The number of hydrogen-bond acceptors (Lipinski definition) is 3. The molecule has 0 aliphatic rings. The van der Waals surface area contributed by atoms with Crippen LogP contribution in [0.1, 0.15) is 6.42 Å². The van der Waals surface area contributed by atoms with Crippen molar-refractivity contribution >= 4 is 22.6 Å². The maximum Gasteiger partial charge on any atom is 0.239 e. The van der Waals surface area contributed by atoms with Crippen LogP contribution in [0, 0.1) is 11.3 Å². The van der Waals surface area contributed by atoms with Crippen molar-refractivity contribution in [1.29, 1.82) is 5.26 Å². The molecule has 0 saturated heterocycles. The van der Waals surface area contributed by atoms with Gasteiger partial charge in [-0.3, -0.25) is 9.89 Å². The van der Waals surface area contributed by atoms with Crippen molar-refractivity contribution in [3.63, 3.8) is 0 Å². The number of rotatable bonds is 2. The molecule has 0 atom stereocenters. The van der Waals surface area contributed by atoms with Crippen LogP contribution in [0.3, 0.4) is 0 Å². The van der Waals surface area contributed by atoms with Crippen LogP contribution in [0.2, 0.25) is 0 Å². The fraction of sp³-hybridized carbons (Fsp3) is 0.100. The lowest BCUT2D eigenvalue weighted by atomic mass is 10.2. The van der Waals surface area contributed by atoms with Crippen LogP contribution in [0.15, 0.2) is 24.3 Å². The quantitative estimate of drug-likeness (QED) is 0.769. The van der Waals surface area contributed by atoms with Gasteiger partial charge in [0.05, 0.1) is 11.6 Å². The molecule has 0 unspecified atom stereocenters. The summed E-state index contributed by atoms with van der Waals surface area (Å²) in [7, 11) is 0. The molecule has 2 rings (SSSR count). The van der Waals surface area contributed by atoms with Crippen LogP contribution in [0.25, 0.3) is 10.9 Å². The minimum absolute atomic E-state index is 0.165. The van der Waals surface area contributed by atoms with Crippen LogP contribution in [-0.4, -0.2) is 16.1 Å². The molecule has 74 valence electrons. The predicted octanol–water partition coefficient (Wildman–Crippen LogP) is 1.42. The predicted molar refractivity (Wildman–Crippen MR) is 55.0 cm³/mol. The molecule has 0 saturated carbocycles. The first kappa shape index (κ1) is 9.21. The van der Waals surface area contributed by atoms with E-state index in [1.54, 1.807) is 6.07 Å². The molecule has 0 aliphatic carbocycles. The van der Waals surface area contributed by atoms with E-state index in [2.05, 4.69) is 15.5 Å². The highest BCUT2D eigenvalue weighted by Crippen LogP contribution is 2.19. The van der Waals surface area contributed by atoms with Gasteiger partial charge in [0.15, 0.2) is 5.82 Å². The van der Waals surface area contributed by atoms with Crippen LogP contribution < -0.4 is 5.32 Å². The van der Waals surface area contributed by atoms with Crippen molar-refractivity contribution in [3.05, 3.63) is 24.3 Å². The van der Waals surface area contributed by atoms with Gasteiger partial charge < -0.3 is 5.32 Å². The van der Waals surface area contributed by atoms with Crippen molar-refractivity contribution in [1.82, 2.24) is 10.2 Å². The molecule has 5 heteroatoms. The largest absolute Gasteiger partial charge is 0.308 e. The topological polar surface area (TPSA) is 81.6 Å². The minimum Gasteiger partial charge on any atom is -0.308 e. The molecule has 2 aromatic rings. The molecule has 0 aliphatic heterocycles. The van der Waals surface area contributed by atoms with Crippen molar-refractivity contribution in [2.24, 2.45) is 0 Å². The van der Waals surface area contributed by atoms with Crippen molar-refractivity contribution < 1.29 is 4.79 Å². The van der Waals surface area contributed by atoms with Gasteiger partial charge in [0.2, 0.25) is 5.91 Å². The number of hydrogen-bond donors (Lipinski definition) is 2. The summed E-state index contributed by atoms with van der Waals surface area (Å²) in [5.74, 6) is 0.112. The Morgan fingerprint density at radius 3 is 3.13 bits per heavy atom. The second kappa shape index (κ2) is 3.80. The van der Waals surface area contributed by atoms with E-state index in [1.807, 2.05) is 24.3 Å². The first-order valence-electron chi connectivity index (χ1n) is 4.41. The molecule has 1 aromatic carbocycles. The molecule has 0 spiro atoms. The van der Waals surface area contributed by atoms with Crippen molar-refractivity contribution in [2.75, 3.05) is 5.32 Å². The van der Waals surface area contributed by atoms with Gasteiger partial charge in [0, 0.05) is 5.39 Å². The van der Waals surface area contributed by atoms with Crippen molar-refractivity contribution in [2.45, 2.75) is 6.42 Å². The summed E-state index contributed by atoms with van der Waals surface area (Å²) < 4.78 is 0. The normalized spacial score (nSPS) is 9.80. The van der Waals surface area contributed by atoms with Gasteiger partial charge in [-0.25, -0.2) is 0 Å².